The second-order valence-corrected chi connectivity index (χ2v) is 3.77. The normalized spacial score (nSPS) is 12.9. The van der Waals surface area contributed by atoms with Crippen molar-refractivity contribution in [3.8, 4) is 11.5 Å². The zero-order valence-corrected chi connectivity index (χ0v) is 9.18. The second kappa shape index (κ2) is 4.47. The van der Waals surface area contributed by atoms with Crippen molar-refractivity contribution in [3.63, 3.8) is 0 Å². The lowest BCUT2D eigenvalue weighted by atomic mass is 10.2. The molecule has 2 heterocycles. The van der Waals surface area contributed by atoms with Gasteiger partial charge in [0, 0.05) is 12.6 Å². The second-order valence-electron chi connectivity index (χ2n) is 3.77. The molecule has 3 rings (SSSR count). The van der Waals surface area contributed by atoms with E-state index in [0.29, 0.717) is 13.3 Å². The molecule has 0 unspecified atom stereocenters. The number of hydrogen-bond acceptors (Lipinski definition) is 5. The van der Waals surface area contributed by atoms with Gasteiger partial charge >= 0.3 is 0 Å². The van der Waals surface area contributed by atoms with E-state index in [2.05, 4.69) is 10.5 Å². The monoisotopic (exact) mass is 232 g/mol. The lowest BCUT2D eigenvalue weighted by Gasteiger charge is -2.03. The Kier molecular flexibility index (Phi) is 2.67. The first-order valence-electron chi connectivity index (χ1n) is 5.40. The molecule has 1 N–H and O–H groups in total. The molecule has 0 amide bonds. The minimum atomic E-state index is 0.310. The van der Waals surface area contributed by atoms with Crippen LogP contribution in [0.1, 0.15) is 11.3 Å². The van der Waals surface area contributed by atoms with Crippen LogP contribution in [-0.2, 0) is 13.1 Å². The van der Waals surface area contributed by atoms with Gasteiger partial charge in [0.1, 0.15) is 5.76 Å². The number of nitrogens with zero attached hydrogens (tertiary/aromatic N) is 1. The number of ether oxygens (including phenoxy) is 2. The number of aromatic nitrogens is 1. The summed E-state index contributed by atoms with van der Waals surface area (Å²) in [6, 6.07) is 7.76. The molecule has 5 nitrogen and oxygen atoms in total. The molecule has 1 aromatic heterocycles. The number of nitrogens with one attached hydrogen (secondary N) is 1. The van der Waals surface area contributed by atoms with Gasteiger partial charge in [0.05, 0.1) is 12.7 Å². The molecular weight excluding hydrogens is 220 g/mol. The molecule has 0 saturated carbocycles. The predicted octanol–water partition coefficient (Wildman–Crippen LogP) is 1.69. The highest BCUT2D eigenvalue weighted by atomic mass is 16.7. The Bertz CT molecular complexity index is 496. The number of rotatable bonds is 4. The maximum absolute atomic E-state index is 5.31. The Morgan fingerprint density at radius 2 is 2.06 bits per heavy atom. The average molecular weight is 232 g/mol. The first kappa shape index (κ1) is 10.2. The molecule has 1 aliphatic heterocycles. The SMILES string of the molecule is c1cc(CNCc2ccc3c(c2)OCO3)on1. The summed E-state index contributed by atoms with van der Waals surface area (Å²) in [5.74, 6) is 2.44. The first-order chi connectivity index (χ1) is 8.42. The summed E-state index contributed by atoms with van der Waals surface area (Å²) in [7, 11) is 0. The smallest absolute Gasteiger partial charge is 0.231 e. The fraction of sp³-hybridized carbons (Fsp3) is 0.250. The molecule has 1 aromatic carbocycles. The van der Waals surface area contributed by atoms with Gasteiger partial charge in [0.15, 0.2) is 11.5 Å². The van der Waals surface area contributed by atoms with E-state index >= 15 is 0 Å². The molecule has 0 bridgehead atoms. The van der Waals surface area contributed by atoms with Crippen LogP contribution in [0.25, 0.3) is 0 Å². The van der Waals surface area contributed by atoms with Crippen molar-refractivity contribution in [2.24, 2.45) is 0 Å². The molecule has 88 valence electrons. The summed E-state index contributed by atoms with van der Waals surface area (Å²) in [6.07, 6.45) is 1.64. The molecule has 0 spiro atoms. The van der Waals surface area contributed by atoms with Gasteiger partial charge in [-0.15, -0.1) is 0 Å². The third kappa shape index (κ3) is 2.24. The Balaban J connectivity index is 1.58. The van der Waals surface area contributed by atoms with Gasteiger partial charge in [0.25, 0.3) is 0 Å². The van der Waals surface area contributed by atoms with Gasteiger partial charge in [-0.1, -0.05) is 11.2 Å². The molecule has 0 saturated heterocycles. The fourth-order valence-corrected chi connectivity index (χ4v) is 1.71. The minimum Gasteiger partial charge on any atom is -0.454 e. The van der Waals surface area contributed by atoms with Crippen LogP contribution in [0.5, 0.6) is 11.5 Å². The summed E-state index contributed by atoms with van der Waals surface area (Å²) >= 11 is 0. The Morgan fingerprint density at radius 3 is 2.94 bits per heavy atom. The van der Waals surface area contributed by atoms with Crippen LogP contribution < -0.4 is 14.8 Å². The van der Waals surface area contributed by atoms with Crippen molar-refractivity contribution in [1.82, 2.24) is 10.5 Å². The highest BCUT2D eigenvalue weighted by Gasteiger charge is 2.12. The molecule has 0 aliphatic carbocycles. The summed E-state index contributed by atoms with van der Waals surface area (Å²) in [4.78, 5) is 0. The quantitative estimate of drug-likeness (QED) is 0.869. The van der Waals surface area contributed by atoms with Crippen LogP contribution in [0.4, 0.5) is 0 Å². The van der Waals surface area contributed by atoms with E-state index in [1.54, 1.807) is 6.20 Å². The lowest BCUT2D eigenvalue weighted by molar-refractivity contribution is 0.174. The Hall–Kier alpha value is -2.01. The van der Waals surface area contributed by atoms with Crippen LogP contribution in [0, 0.1) is 0 Å². The van der Waals surface area contributed by atoms with Crippen molar-refractivity contribution < 1.29 is 14.0 Å². The van der Waals surface area contributed by atoms with Gasteiger partial charge in [0.2, 0.25) is 6.79 Å². The van der Waals surface area contributed by atoms with Crippen molar-refractivity contribution in [2.75, 3.05) is 6.79 Å². The van der Waals surface area contributed by atoms with Crippen molar-refractivity contribution in [1.29, 1.82) is 0 Å². The van der Waals surface area contributed by atoms with Crippen LogP contribution in [0.15, 0.2) is 35.0 Å². The summed E-state index contributed by atoms with van der Waals surface area (Å²) < 4.78 is 15.6. The zero-order valence-electron chi connectivity index (χ0n) is 9.18. The summed E-state index contributed by atoms with van der Waals surface area (Å²) in [6.45, 7) is 1.72. The highest BCUT2D eigenvalue weighted by molar-refractivity contribution is 5.44. The molecular formula is C12H12N2O3. The molecule has 0 fully saturated rings. The van der Waals surface area contributed by atoms with E-state index in [4.69, 9.17) is 14.0 Å². The van der Waals surface area contributed by atoms with Crippen molar-refractivity contribution in [3.05, 3.63) is 41.8 Å². The predicted molar refractivity (Wildman–Crippen MR) is 59.6 cm³/mol. The van der Waals surface area contributed by atoms with Crippen LogP contribution in [0.2, 0.25) is 0 Å². The maximum Gasteiger partial charge on any atom is 0.231 e. The third-order valence-corrected chi connectivity index (χ3v) is 2.56. The maximum atomic E-state index is 5.31. The summed E-state index contributed by atoms with van der Waals surface area (Å²) in [5.41, 5.74) is 1.15. The molecule has 0 atom stereocenters. The summed E-state index contributed by atoms with van der Waals surface area (Å²) in [5, 5.41) is 6.91. The number of benzene rings is 1. The van der Waals surface area contributed by atoms with E-state index < -0.39 is 0 Å². The van der Waals surface area contributed by atoms with Gasteiger partial charge in [-0.3, -0.25) is 0 Å². The number of fused-ring (bicyclic) bond motifs is 1. The lowest BCUT2D eigenvalue weighted by Crippen LogP contribution is -2.11. The first-order valence-corrected chi connectivity index (χ1v) is 5.40. The van der Waals surface area contributed by atoms with Crippen molar-refractivity contribution >= 4 is 0 Å². The average Bonchev–Trinajstić information content (AvgIpc) is 2.98. The van der Waals surface area contributed by atoms with Crippen LogP contribution in [0.3, 0.4) is 0 Å². The van der Waals surface area contributed by atoms with E-state index in [0.717, 1.165) is 29.4 Å². The van der Waals surface area contributed by atoms with E-state index in [-0.39, 0.29) is 0 Å². The topological polar surface area (TPSA) is 56.5 Å². The fourth-order valence-electron chi connectivity index (χ4n) is 1.71. The van der Waals surface area contributed by atoms with Crippen molar-refractivity contribution in [2.45, 2.75) is 13.1 Å². The Labute approximate surface area is 98.3 Å². The Morgan fingerprint density at radius 1 is 1.12 bits per heavy atom. The molecule has 1 aliphatic rings. The van der Waals surface area contributed by atoms with Gasteiger partial charge < -0.3 is 19.3 Å². The molecule has 0 radical (unpaired) electrons. The third-order valence-electron chi connectivity index (χ3n) is 2.56. The van der Waals surface area contributed by atoms with Gasteiger partial charge in [-0.2, -0.15) is 0 Å². The van der Waals surface area contributed by atoms with E-state index in [1.807, 2.05) is 24.3 Å². The highest BCUT2D eigenvalue weighted by Crippen LogP contribution is 2.32. The van der Waals surface area contributed by atoms with Gasteiger partial charge in [-0.25, -0.2) is 0 Å². The molecule has 5 heteroatoms. The largest absolute Gasteiger partial charge is 0.454 e. The number of hydrogen-bond donors (Lipinski definition) is 1. The van der Waals surface area contributed by atoms with Gasteiger partial charge in [-0.05, 0) is 17.7 Å². The molecule has 17 heavy (non-hydrogen) atoms. The van der Waals surface area contributed by atoms with E-state index in [1.165, 1.54) is 0 Å². The zero-order chi connectivity index (χ0) is 11.5. The minimum absolute atomic E-state index is 0.310. The molecule has 2 aromatic rings. The standard InChI is InChI=1S/C12H12N2O3/c1-2-11-12(16-8-15-11)5-9(1)6-13-7-10-3-4-14-17-10/h1-5,13H,6-8H2. The van der Waals surface area contributed by atoms with E-state index in [9.17, 15) is 0 Å². The van der Waals surface area contributed by atoms with Crippen LogP contribution in [-0.4, -0.2) is 11.9 Å². The van der Waals surface area contributed by atoms with Crippen LogP contribution >= 0.6 is 0 Å².